The number of aliphatic carboxylic acids is 1. The van der Waals surface area contributed by atoms with E-state index >= 15 is 0 Å². The molecule has 0 spiro atoms. The molecule has 14 heteroatoms. The van der Waals surface area contributed by atoms with E-state index < -0.39 is 48.9 Å². The quantitative estimate of drug-likeness (QED) is 0.135. The third kappa shape index (κ3) is 5.78. The van der Waals surface area contributed by atoms with Gasteiger partial charge < -0.3 is 46.0 Å². The maximum absolute atomic E-state index is 11.2. The zero-order valence-electron chi connectivity index (χ0n) is 20.9. The monoisotopic (exact) mass is 531 g/mol. The number of likely N-dealkylation sites (N-methyl/N-ethyl adjacent to an activating group) is 1. The molecule has 14 nitrogen and oxygen atoms in total. The number of carbonyl (C=O) groups is 2. The van der Waals surface area contributed by atoms with Gasteiger partial charge in [0.05, 0.1) is 6.34 Å². The number of ether oxygens (including phenoxy) is 1. The number of amides is 1. The SMILES string of the molecule is CCN(C=O)C(O)[C@H]1O[C@@H](N2C=NC3C(N)=NC(=NCCc4ccc(CCC(=O)O)cc4)NC32)[C@H](O)[C@@H]1O. The van der Waals surface area contributed by atoms with Crippen LogP contribution in [0, 0.1) is 0 Å². The number of fused-ring (bicyclic) bond motifs is 1. The second-order valence-corrected chi connectivity index (χ2v) is 9.27. The minimum atomic E-state index is -1.45. The molecule has 38 heavy (non-hydrogen) atoms. The van der Waals surface area contributed by atoms with Gasteiger partial charge in [-0.2, -0.15) is 4.99 Å². The molecule has 3 aliphatic rings. The molecule has 1 aromatic carbocycles. The number of aliphatic hydroxyl groups is 3. The number of carboxylic acid groups (broad SMARTS) is 1. The van der Waals surface area contributed by atoms with Crippen LogP contribution in [0.5, 0.6) is 0 Å². The third-order valence-electron chi connectivity index (χ3n) is 6.81. The first-order valence-corrected chi connectivity index (χ1v) is 12.4. The standard InChI is InChI=1S/C24H33N7O7/c1-2-30(12-32)22(37)19-17(35)18(36)23(38-19)31-11-27-16-20(25)28-24(29-21(16)31)26-10-9-14-5-3-13(4-6-14)7-8-15(33)34/h3-6,11-12,16-19,21-23,35-37H,2,7-10H2,1H3,(H,33,34)(H3,25,26,28,29)/t16?,17-,18+,19-,21?,22?,23+/m0/s1. The Morgan fingerprint density at radius 3 is 2.58 bits per heavy atom. The van der Waals surface area contributed by atoms with Crippen LogP contribution in [0.1, 0.15) is 24.5 Å². The van der Waals surface area contributed by atoms with Crippen molar-refractivity contribution in [3.63, 3.8) is 0 Å². The molecule has 7 atom stereocenters. The number of carboxylic acids is 1. The number of hydrogen-bond acceptors (Lipinski definition) is 10. The molecule has 1 saturated heterocycles. The number of rotatable bonds is 11. The van der Waals surface area contributed by atoms with Crippen LogP contribution in [0.4, 0.5) is 0 Å². The highest BCUT2D eigenvalue weighted by molar-refractivity contribution is 6.02. The van der Waals surface area contributed by atoms with Gasteiger partial charge in [0.25, 0.3) is 0 Å². The van der Waals surface area contributed by atoms with Crippen molar-refractivity contribution in [3.8, 4) is 0 Å². The van der Waals surface area contributed by atoms with Gasteiger partial charge in [-0.05, 0) is 30.9 Å². The summed E-state index contributed by atoms with van der Waals surface area (Å²) in [6, 6.07) is 7.10. The Morgan fingerprint density at radius 2 is 1.95 bits per heavy atom. The van der Waals surface area contributed by atoms with E-state index in [1.165, 1.54) is 6.34 Å². The Hall–Kier alpha value is -3.59. The maximum Gasteiger partial charge on any atom is 0.303 e. The van der Waals surface area contributed by atoms with Crippen molar-refractivity contribution in [2.24, 2.45) is 20.7 Å². The Balaban J connectivity index is 1.39. The van der Waals surface area contributed by atoms with E-state index in [4.69, 9.17) is 15.6 Å². The van der Waals surface area contributed by atoms with Gasteiger partial charge in [-0.3, -0.25) is 19.6 Å². The second kappa shape index (κ2) is 11.9. The molecule has 7 N–H and O–H groups in total. The number of hydrogen-bond donors (Lipinski definition) is 6. The van der Waals surface area contributed by atoms with E-state index in [-0.39, 0.29) is 24.8 Å². The number of nitrogens with two attached hydrogens (primary N) is 1. The lowest BCUT2D eigenvalue weighted by Crippen LogP contribution is -2.61. The predicted molar refractivity (Wildman–Crippen MR) is 136 cm³/mol. The number of carbonyl (C=O) groups excluding carboxylic acids is 1. The summed E-state index contributed by atoms with van der Waals surface area (Å²) in [5, 5.41) is 43.7. The van der Waals surface area contributed by atoms with Crippen LogP contribution >= 0.6 is 0 Å². The summed E-state index contributed by atoms with van der Waals surface area (Å²) in [5.41, 5.74) is 8.12. The zero-order chi connectivity index (χ0) is 27.4. The number of guanidine groups is 1. The number of nitrogens with one attached hydrogen (secondary N) is 1. The molecule has 3 aliphatic heterocycles. The van der Waals surface area contributed by atoms with Gasteiger partial charge in [-0.15, -0.1) is 0 Å². The van der Waals surface area contributed by atoms with Crippen molar-refractivity contribution in [1.29, 1.82) is 0 Å². The van der Waals surface area contributed by atoms with Crippen LogP contribution in [0.3, 0.4) is 0 Å². The molecule has 0 aromatic heterocycles. The maximum atomic E-state index is 11.2. The summed E-state index contributed by atoms with van der Waals surface area (Å²) in [5.74, 6) is -0.335. The van der Waals surface area contributed by atoms with Crippen molar-refractivity contribution in [3.05, 3.63) is 35.4 Å². The minimum Gasteiger partial charge on any atom is -0.481 e. The number of aryl methyl sites for hydroxylation is 1. The van der Waals surface area contributed by atoms with Crippen molar-refractivity contribution >= 4 is 30.5 Å². The summed E-state index contributed by atoms with van der Waals surface area (Å²) in [4.78, 5) is 37.7. The first kappa shape index (κ1) is 27.4. The fourth-order valence-electron chi connectivity index (χ4n) is 4.62. The molecule has 1 amide bonds. The van der Waals surface area contributed by atoms with Crippen molar-refractivity contribution in [2.45, 2.75) is 69.2 Å². The van der Waals surface area contributed by atoms with E-state index in [1.54, 1.807) is 11.8 Å². The Labute approximate surface area is 219 Å². The van der Waals surface area contributed by atoms with E-state index in [2.05, 4.69) is 20.3 Å². The summed E-state index contributed by atoms with van der Waals surface area (Å²) >= 11 is 0. The fraction of sp³-hybridized carbons (Fsp3) is 0.542. The molecule has 0 bridgehead atoms. The Bertz CT molecular complexity index is 1100. The zero-order valence-corrected chi connectivity index (χ0v) is 20.9. The van der Waals surface area contributed by atoms with Gasteiger partial charge >= 0.3 is 5.97 Å². The molecule has 1 fully saturated rings. The van der Waals surface area contributed by atoms with Crippen LogP contribution in [-0.2, 0) is 27.2 Å². The highest BCUT2D eigenvalue weighted by Gasteiger charge is 2.53. The van der Waals surface area contributed by atoms with Gasteiger partial charge in [0, 0.05) is 19.5 Å². The average molecular weight is 532 g/mol. The minimum absolute atomic E-state index is 0.0834. The van der Waals surface area contributed by atoms with Crippen LogP contribution in [0.15, 0.2) is 39.2 Å². The van der Waals surface area contributed by atoms with Crippen LogP contribution < -0.4 is 11.1 Å². The van der Waals surface area contributed by atoms with E-state index in [9.17, 15) is 24.9 Å². The lowest BCUT2D eigenvalue weighted by molar-refractivity contribution is -0.156. The van der Waals surface area contributed by atoms with Crippen molar-refractivity contribution in [1.82, 2.24) is 15.1 Å². The summed E-state index contributed by atoms with van der Waals surface area (Å²) in [6.07, 6.45) is -4.14. The number of amidine groups is 1. The highest BCUT2D eigenvalue weighted by Crippen LogP contribution is 2.30. The van der Waals surface area contributed by atoms with Gasteiger partial charge in [0.2, 0.25) is 12.4 Å². The Kier molecular flexibility index (Phi) is 8.56. The van der Waals surface area contributed by atoms with Gasteiger partial charge in [0.15, 0.2) is 12.5 Å². The molecule has 0 radical (unpaired) electrons. The molecular formula is C24H33N7O7. The molecule has 0 saturated carbocycles. The number of aliphatic hydroxyl groups excluding tert-OH is 3. The lowest BCUT2D eigenvalue weighted by Gasteiger charge is -2.36. The van der Waals surface area contributed by atoms with Gasteiger partial charge in [-0.1, -0.05) is 24.3 Å². The van der Waals surface area contributed by atoms with Crippen molar-refractivity contribution < 1.29 is 34.8 Å². The second-order valence-electron chi connectivity index (χ2n) is 9.27. The smallest absolute Gasteiger partial charge is 0.303 e. The van der Waals surface area contributed by atoms with Crippen molar-refractivity contribution in [2.75, 3.05) is 13.1 Å². The van der Waals surface area contributed by atoms with Crippen LogP contribution in [0.2, 0.25) is 0 Å². The fourth-order valence-corrected chi connectivity index (χ4v) is 4.62. The first-order valence-electron chi connectivity index (χ1n) is 12.4. The molecule has 4 rings (SSSR count). The molecule has 3 heterocycles. The third-order valence-corrected chi connectivity index (χ3v) is 6.81. The van der Waals surface area contributed by atoms with Gasteiger partial charge in [0.1, 0.15) is 36.4 Å². The number of nitrogens with zero attached hydrogens (tertiary/aromatic N) is 5. The van der Waals surface area contributed by atoms with Crippen LogP contribution in [0.25, 0.3) is 0 Å². The molecule has 3 unspecified atom stereocenters. The van der Waals surface area contributed by atoms with E-state index in [0.29, 0.717) is 25.8 Å². The van der Waals surface area contributed by atoms with Crippen LogP contribution in [-0.4, -0.2) is 117 Å². The largest absolute Gasteiger partial charge is 0.481 e. The summed E-state index contributed by atoms with van der Waals surface area (Å²) in [6.45, 7) is 2.26. The molecule has 206 valence electrons. The number of aliphatic imine (C=N–C) groups is 3. The highest BCUT2D eigenvalue weighted by atomic mass is 16.6. The van der Waals surface area contributed by atoms with Gasteiger partial charge in [-0.25, -0.2) is 0 Å². The normalized spacial score (nSPS) is 30.1. The lowest BCUT2D eigenvalue weighted by atomic mass is 10.1. The topological polar surface area (TPSA) is 206 Å². The predicted octanol–water partition coefficient (Wildman–Crippen LogP) is -2.16. The Morgan fingerprint density at radius 1 is 1.26 bits per heavy atom. The molecule has 0 aliphatic carbocycles. The van der Waals surface area contributed by atoms with E-state index in [0.717, 1.165) is 16.0 Å². The number of benzene rings is 1. The molecule has 1 aromatic rings. The van der Waals surface area contributed by atoms with E-state index in [1.807, 2.05) is 24.3 Å². The average Bonchev–Trinajstić information content (AvgIpc) is 3.45. The first-order chi connectivity index (χ1) is 18.2. The molecular weight excluding hydrogens is 498 g/mol. The summed E-state index contributed by atoms with van der Waals surface area (Å²) in [7, 11) is 0. The summed E-state index contributed by atoms with van der Waals surface area (Å²) < 4.78 is 5.81.